The van der Waals surface area contributed by atoms with E-state index in [2.05, 4.69) is 31.3 Å². The van der Waals surface area contributed by atoms with E-state index >= 15 is 0 Å². The molecule has 0 radical (unpaired) electrons. The molecule has 1 amide bonds. The summed E-state index contributed by atoms with van der Waals surface area (Å²) in [6.07, 6.45) is 3.16. The minimum atomic E-state index is -0.704. The first-order valence-electron chi connectivity index (χ1n) is 9.20. The smallest absolute Gasteiger partial charge is 0.342 e. The van der Waals surface area contributed by atoms with Crippen molar-refractivity contribution in [3.05, 3.63) is 33.4 Å². The van der Waals surface area contributed by atoms with Crippen molar-refractivity contribution in [3.8, 4) is 0 Å². The van der Waals surface area contributed by atoms with Crippen LogP contribution >= 0.6 is 0 Å². The largest absolute Gasteiger partial charge is 0.452 e. The summed E-state index contributed by atoms with van der Waals surface area (Å²) in [5, 5.41) is 4.34. The molecule has 146 valence electrons. The second-order valence-electron chi connectivity index (χ2n) is 8.34. The van der Waals surface area contributed by atoms with Gasteiger partial charge in [0.1, 0.15) is 11.3 Å². The van der Waals surface area contributed by atoms with Gasteiger partial charge in [0.15, 0.2) is 6.61 Å². The molecular weight excluding hydrogens is 348 g/mol. The van der Waals surface area contributed by atoms with Gasteiger partial charge >= 0.3 is 11.6 Å². The van der Waals surface area contributed by atoms with E-state index in [1.165, 1.54) is 19.4 Å². The summed E-state index contributed by atoms with van der Waals surface area (Å²) < 4.78 is 9.96. The summed E-state index contributed by atoms with van der Waals surface area (Å²) in [5.41, 5.74) is 3.79. The van der Waals surface area contributed by atoms with Crippen LogP contribution in [0.1, 0.15) is 61.7 Å². The van der Waals surface area contributed by atoms with Crippen LogP contribution in [0.25, 0.3) is 0 Å². The molecule has 1 aromatic heterocycles. The number of nitrogens with zero attached hydrogens (tertiary/aromatic N) is 1. The molecular formula is C20H26N2O5. The minimum Gasteiger partial charge on any atom is -0.452 e. The van der Waals surface area contributed by atoms with Gasteiger partial charge in [-0.25, -0.2) is 15.0 Å². The molecule has 1 aromatic rings. The van der Waals surface area contributed by atoms with Gasteiger partial charge < -0.3 is 9.15 Å². The van der Waals surface area contributed by atoms with Gasteiger partial charge in [-0.05, 0) is 50.0 Å². The van der Waals surface area contributed by atoms with E-state index in [-0.39, 0.29) is 22.2 Å². The van der Waals surface area contributed by atoms with Crippen LogP contribution < -0.4 is 11.1 Å². The number of hydrogen-bond acceptors (Lipinski definition) is 6. The number of hydrogen-bond donors (Lipinski definition) is 1. The zero-order valence-corrected chi connectivity index (χ0v) is 16.5. The highest BCUT2D eigenvalue weighted by Crippen LogP contribution is 2.63. The number of ether oxygens (including phenoxy) is 1. The number of hydrazone groups is 1. The van der Waals surface area contributed by atoms with Gasteiger partial charge in [0, 0.05) is 17.2 Å². The van der Waals surface area contributed by atoms with Gasteiger partial charge in [-0.2, -0.15) is 5.10 Å². The molecule has 1 N–H and O–H groups in total. The number of rotatable bonds is 4. The van der Waals surface area contributed by atoms with Crippen LogP contribution in [0.3, 0.4) is 0 Å². The van der Waals surface area contributed by atoms with Crippen molar-refractivity contribution in [1.29, 1.82) is 0 Å². The fourth-order valence-electron chi connectivity index (χ4n) is 4.53. The van der Waals surface area contributed by atoms with E-state index in [0.29, 0.717) is 11.5 Å². The van der Waals surface area contributed by atoms with E-state index < -0.39 is 24.1 Å². The first-order valence-corrected chi connectivity index (χ1v) is 9.20. The second kappa shape index (κ2) is 6.62. The van der Waals surface area contributed by atoms with Gasteiger partial charge in [0.05, 0.1) is 0 Å². The Morgan fingerprint density at radius 1 is 1.33 bits per heavy atom. The Morgan fingerprint density at radius 2 is 2.04 bits per heavy atom. The standard InChI is InChI=1S/C20H26N2O5/c1-11-8-16(24)27-12(2)17(11)18(25)26-10-15(23)22-21-14-9-13-6-7-20(14,5)19(13,3)4/h8,13H,6-7,9-10H2,1-5H3,(H,22,23). The third-order valence-corrected chi connectivity index (χ3v) is 6.70. The topological polar surface area (TPSA) is 98.0 Å². The normalized spacial score (nSPS) is 27.0. The van der Waals surface area contributed by atoms with Crippen molar-refractivity contribution in [2.24, 2.45) is 21.8 Å². The Hall–Kier alpha value is -2.44. The predicted octanol–water partition coefficient (Wildman–Crippen LogP) is 2.73. The average Bonchev–Trinajstić information content (AvgIpc) is 2.90. The molecule has 2 saturated carbocycles. The summed E-state index contributed by atoms with van der Waals surface area (Å²) in [4.78, 5) is 35.6. The zero-order chi connectivity index (χ0) is 20.0. The lowest BCUT2D eigenvalue weighted by Gasteiger charge is -2.34. The van der Waals surface area contributed by atoms with Gasteiger partial charge in [-0.1, -0.05) is 20.8 Å². The molecule has 0 spiro atoms. The lowest BCUT2D eigenvalue weighted by atomic mass is 9.70. The monoisotopic (exact) mass is 374 g/mol. The molecule has 0 aromatic carbocycles. The fraction of sp³-hybridized carbons (Fsp3) is 0.600. The number of nitrogens with one attached hydrogen (secondary N) is 1. The van der Waals surface area contributed by atoms with Crippen molar-refractivity contribution in [1.82, 2.24) is 5.43 Å². The number of amides is 1. The number of carbonyl (C=O) groups is 2. The number of aryl methyl sites for hydroxylation is 2. The van der Waals surface area contributed by atoms with Gasteiger partial charge in [0.2, 0.25) is 0 Å². The van der Waals surface area contributed by atoms with Gasteiger partial charge in [0.25, 0.3) is 5.91 Å². The molecule has 2 atom stereocenters. The van der Waals surface area contributed by atoms with Gasteiger partial charge in [-0.15, -0.1) is 0 Å². The molecule has 2 fully saturated rings. The van der Waals surface area contributed by atoms with E-state index in [0.717, 1.165) is 18.6 Å². The molecule has 2 bridgehead atoms. The molecule has 0 saturated heterocycles. The molecule has 2 aliphatic rings. The third kappa shape index (κ3) is 3.19. The van der Waals surface area contributed by atoms with Crippen LogP contribution in [0.15, 0.2) is 20.4 Å². The highest BCUT2D eigenvalue weighted by atomic mass is 16.5. The van der Waals surface area contributed by atoms with Crippen molar-refractivity contribution < 1.29 is 18.7 Å². The highest BCUT2D eigenvalue weighted by molar-refractivity contribution is 5.96. The van der Waals surface area contributed by atoms with Crippen molar-refractivity contribution in [2.75, 3.05) is 6.61 Å². The summed E-state index contributed by atoms with van der Waals surface area (Å²) in [6, 6.07) is 1.22. The summed E-state index contributed by atoms with van der Waals surface area (Å²) >= 11 is 0. The summed E-state index contributed by atoms with van der Waals surface area (Å²) in [6.45, 7) is 9.41. The maximum atomic E-state index is 12.2. The Balaban J connectivity index is 1.60. The Morgan fingerprint density at radius 3 is 2.59 bits per heavy atom. The lowest BCUT2D eigenvalue weighted by molar-refractivity contribution is -0.124. The second-order valence-corrected chi connectivity index (χ2v) is 8.34. The minimum absolute atomic E-state index is 0.00255. The summed E-state index contributed by atoms with van der Waals surface area (Å²) in [5.74, 6) is -0.435. The molecule has 1 heterocycles. The van der Waals surface area contributed by atoms with Crippen LogP contribution in [0.2, 0.25) is 0 Å². The van der Waals surface area contributed by atoms with Crippen molar-refractivity contribution >= 4 is 17.6 Å². The quantitative estimate of drug-likeness (QED) is 0.645. The van der Waals surface area contributed by atoms with Crippen molar-refractivity contribution in [3.63, 3.8) is 0 Å². The summed E-state index contributed by atoms with van der Waals surface area (Å²) in [7, 11) is 0. The number of fused-ring (bicyclic) bond motifs is 2. The Labute approximate surface area is 158 Å². The van der Waals surface area contributed by atoms with Crippen LogP contribution in [0, 0.1) is 30.6 Å². The average molecular weight is 374 g/mol. The van der Waals surface area contributed by atoms with E-state index in [4.69, 9.17) is 9.15 Å². The maximum absolute atomic E-state index is 12.2. The number of carbonyl (C=O) groups excluding carboxylic acids is 2. The van der Waals surface area contributed by atoms with Crippen molar-refractivity contribution in [2.45, 2.75) is 53.9 Å². The molecule has 3 rings (SSSR count). The first kappa shape index (κ1) is 19.3. The number of esters is 1. The van der Waals surface area contributed by atoms with Crippen LogP contribution in [0.4, 0.5) is 0 Å². The molecule has 7 heteroatoms. The molecule has 2 unspecified atom stereocenters. The van der Waals surface area contributed by atoms with E-state index in [9.17, 15) is 14.4 Å². The first-order chi connectivity index (χ1) is 12.6. The Kier molecular flexibility index (Phi) is 4.74. The molecule has 0 aliphatic heterocycles. The van der Waals surface area contributed by atoms with Gasteiger partial charge in [-0.3, -0.25) is 4.79 Å². The lowest BCUT2D eigenvalue weighted by Crippen LogP contribution is -2.35. The fourth-order valence-corrected chi connectivity index (χ4v) is 4.53. The van der Waals surface area contributed by atoms with Crippen LogP contribution in [-0.4, -0.2) is 24.2 Å². The van der Waals surface area contributed by atoms with Crippen LogP contribution in [0.5, 0.6) is 0 Å². The third-order valence-electron chi connectivity index (χ3n) is 6.70. The molecule has 7 nitrogen and oxygen atoms in total. The maximum Gasteiger partial charge on any atom is 0.342 e. The zero-order valence-electron chi connectivity index (χ0n) is 16.5. The molecule has 27 heavy (non-hydrogen) atoms. The van der Waals surface area contributed by atoms with Crippen LogP contribution in [-0.2, 0) is 9.53 Å². The predicted molar refractivity (Wildman–Crippen MR) is 99.5 cm³/mol. The SMILES string of the molecule is Cc1cc(=O)oc(C)c1C(=O)OCC(=O)NN=C1CC2CCC1(C)C2(C)C. The Bertz CT molecular complexity index is 857. The highest BCUT2D eigenvalue weighted by Gasteiger charge is 2.60. The van der Waals surface area contributed by atoms with E-state index in [1.807, 2.05) is 0 Å². The van der Waals surface area contributed by atoms with E-state index in [1.54, 1.807) is 6.92 Å². The molecule has 2 aliphatic carbocycles.